The monoisotopic (exact) mass is 372 g/mol. The van der Waals surface area contributed by atoms with Gasteiger partial charge in [0.1, 0.15) is 0 Å². The lowest BCUT2D eigenvalue weighted by Crippen LogP contribution is -2.02. The molecule has 0 amide bonds. The van der Waals surface area contributed by atoms with E-state index in [-0.39, 0.29) is 10.0 Å². The molecule has 0 N–H and O–H groups in total. The number of halogens is 6. The van der Waals surface area contributed by atoms with Crippen molar-refractivity contribution >= 4 is 69.6 Å². The Labute approximate surface area is 141 Å². The summed E-state index contributed by atoms with van der Waals surface area (Å²) in [7, 11) is 0. The highest BCUT2D eigenvalue weighted by molar-refractivity contribution is 6.67. The topological polar surface area (TPSA) is 0 Å². The summed E-state index contributed by atoms with van der Waals surface area (Å²) >= 11 is 36.1. The largest absolute Gasteiger partial charge is 0.217 e. The highest BCUT2D eigenvalue weighted by Gasteiger charge is 2.29. The fraction of sp³-hybridized carbons (Fsp3) is 0.0769. The SMILES string of the molecule is Clc1c(-c2ccccc2)cc(C(Cl)(Cl)Cl)c(Cl)c1Cl. The van der Waals surface area contributed by atoms with Crippen molar-refractivity contribution in [3.05, 3.63) is 57.0 Å². The van der Waals surface area contributed by atoms with Crippen LogP contribution < -0.4 is 0 Å². The van der Waals surface area contributed by atoms with E-state index in [1.165, 1.54) is 0 Å². The molecular weight excluding hydrogens is 369 g/mol. The maximum Gasteiger partial charge on any atom is 0.217 e. The fourth-order valence-corrected chi connectivity index (χ4v) is 3.03. The molecule has 100 valence electrons. The van der Waals surface area contributed by atoms with Gasteiger partial charge in [0.25, 0.3) is 0 Å². The Bertz CT molecular complexity index is 601. The molecule has 0 bridgehead atoms. The smallest absolute Gasteiger partial charge is 0.0822 e. The van der Waals surface area contributed by atoms with Gasteiger partial charge in [0, 0.05) is 11.1 Å². The normalized spacial score (nSPS) is 11.7. The van der Waals surface area contributed by atoms with Gasteiger partial charge in [-0.2, -0.15) is 0 Å². The van der Waals surface area contributed by atoms with Gasteiger partial charge in [-0.3, -0.25) is 0 Å². The lowest BCUT2D eigenvalue weighted by molar-refractivity contribution is 1.24. The van der Waals surface area contributed by atoms with Crippen molar-refractivity contribution in [2.24, 2.45) is 0 Å². The Kier molecular flexibility index (Phi) is 4.83. The zero-order chi connectivity index (χ0) is 14.2. The molecule has 0 aromatic heterocycles. The van der Waals surface area contributed by atoms with Crippen LogP contribution in [0.15, 0.2) is 36.4 Å². The molecule has 6 heteroatoms. The van der Waals surface area contributed by atoms with E-state index in [9.17, 15) is 0 Å². The predicted octanol–water partition coefficient (Wildman–Crippen LogP) is 7.14. The third-order valence-electron chi connectivity index (χ3n) is 2.54. The molecule has 0 atom stereocenters. The zero-order valence-corrected chi connectivity index (χ0v) is 13.8. The summed E-state index contributed by atoms with van der Waals surface area (Å²) in [6, 6.07) is 11.1. The Morgan fingerprint density at radius 1 is 0.737 bits per heavy atom. The lowest BCUT2D eigenvalue weighted by atomic mass is 10.0. The summed E-state index contributed by atoms with van der Waals surface area (Å²) in [6.45, 7) is 0. The molecule has 0 aliphatic rings. The Morgan fingerprint density at radius 3 is 1.84 bits per heavy atom. The Morgan fingerprint density at radius 2 is 1.32 bits per heavy atom. The average molecular weight is 375 g/mol. The molecule has 0 fully saturated rings. The highest BCUT2D eigenvalue weighted by atomic mass is 35.6. The second kappa shape index (κ2) is 5.89. The van der Waals surface area contributed by atoms with Crippen LogP contribution in [0.3, 0.4) is 0 Å². The molecule has 0 spiro atoms. The van der Waals surface area contributed by atoms with Crippen LogP contribution in [0, 0.1) is 0 Å². The van der Waals surface area contributed by atoms with Crippen molar-refractivity contribution in [2.75, 3.05) is 0 Å². The van der Waals surface area contributed by atoms with Gasteiger partial charge >= 0.3 is 0 Å². The second-order valence-electron chi connectivity index (χ2n) is 3.78. The summed E-state index contributed by atoms with van der Waals surface area (Å²) < 4.78 is -1.67. The van der Waals surface area contributed by atoms with Crippen molar-refractivity contribution in [1.82, 2.24) is 0 Å². The van der Waals surface area contributed by atoms with Crippen molar-refractivity contribution in [3.63, 3.8) is 0 Å². The van der Waals surface area contributed by atoms with Crippen LogP contribution >= 0.6 is 69.6 Å². The van der Waals surface area contributed by atoms with E-state index in [0.29, 0.717) is 16.1 Å². The number of rotatable bonds is 1. The predicted molar refractivity (Wildman–Crippen MR) is 86.1 cm³/mol. The number of benzene rings is 2. The van der Waals surface area contributed by atoms with Gasteiger partial charge in [-0.1, -0.05) is 99.9 Å². The first kappa shape index (κ1) is 15.6. The van der Waals surface area contributed by atoms with Crippen LogP contribution in [0.4, 0.5) is 0 Å². The first-order chi connectivity index (χ1) is 8.82. The lowest BCUT2D eigenvalue weighted by Gasteiger charge is -2.17. The van der Waals surface area contributed by atoms with Crippen LogP contribution in [0.2, 0.25) is 15.1 Å². The van der Waals surface area contributed by atoms with Gasteiger partial charge in [0.2, 0.25) is 3.79 Å². The van der Waals surface area contributed by atoms with Crippen molar-refractivity contribution in [1.29, 1.82) is 0 Å². The molecule has 0 nitrogen and oxygen atoms in total. The van der Waals surface area contributed by atoms with Crippen LogP contribution in [0.1, 0.15) is 5.56 Å². The van der Waals surface area contributed by atoms with Crippen molar-refractivity contribution in [3.8, 4) is 11.1 Å². The maximum atomic E-state index is 6.21. The number of hydrogen-bond donors (Lipinski definition) is 0. The van der Waals surface area contributed by atoms with E-state index in [0.717, 1.165) is 5.56 Å². The fourth-order valence-electron chi connectivity index (χ4n) is 1.64. The zero-order valence-electron chi connectivity index (χ0n) is 9.23. The molecule has 0 saturated heterocycles. The molecule has 0 aliphatic heterocycles. The summed E-state index contributed by atoms with van der Waals surface area (Å²) in [5.74, 6) is 0. The van der Waals surface area contributed by atoms with Gasteiger partial charge in [-0.15, -0.1) is 0 Å². The standard InChI is InChI=1S/C13H6Cl6/c14-10-8(7-4-2-1-3-5-7)6-9(13(17,18)19)11(15)12(10)16/h1-6H. The third kappa shape index (κ3) is 3.26. The van der Waals surface area contributed by atoms with E-state index in [4.69, 9.17) is 69.6 Å². The first-order valence-electron chi connectivity index (χ1n) is 5.12. The number of alkyl halides is 3. The summed E-state index contributed by atoms with van der Waals surface area (Å²) in [4.78, 5) is 0. The molecule has 0 radical (unpaired) electrons. The minimum Gasteiger partial charge on any atom is -0.0822 e. The quantitative estimate of drug-likeness (QED) is 0.367. The van der Waals surface area contributed by atoms with Crippen molar-refractivity contribution < 1.29 is 0 Å². The minimum absolute atomic E-state index is 0.145. The maximum absolute atomic E-state index is 6.21. The van der Waals surface area contributed by atoms with Gasteiger partial charge in [0.15, 0.2) is 0 Å². The molecule has 19 heavy (non-hydrogen) atoms. The summed E-state index contributed by atoms with van der Waals surface area (Å²) in [6.07, 6.45) is 0. The van der Waals surface area contributed by atoms with E-state index in [1.807, 2.05) is 30.3 Å². The molecule has 0 unspecified atom stereocenters. The molecule has 2 aromatic carbocycles. The Hall–Kier alpha value is 0.180. The first-order valence-corrected chi connectivity index (χ1v) is 7.39. The molecule has 2 aromatic rings. The van der Waals surface area contributed by atoms with E-state index in [2.05, 4.69) is 0 Å². The Balaban J connectivity index is 2.73. The van der Waals surface area contributed by atoms with Crippen molar-refractivity contribution in [2.45, 2.75) is 3.79 Å². The molecule has 0 heterocycles. The van der Waals surface area contributed by atoms with E-state index in [1.54, 1.807) is 6.07 Å². The molecule has 0 saturated carbocycles. The van der Waals surface area contributed by atoms with Gasteiger partial charge < -0.3 is 0 Å². The average Bonchev–Trinajstić information content (AvgIpc) is 2.36. The van der Waals surface area contributed by atoms with Gasteiger partial charge in [-0.25, -0.2) is 0 Å². The van der Waals surface area contributed by atoms with E-state index < -0.39 is 3.79 Å². The molecule has 2 rings (SSSR count). The van der Waals surface area contributed by atoms with Crippen LogP contribution in [0.25, 0.3) is 11.1 Å². The van der Waals surface area contributed by atoms with Crippen LogP contribution in [-0.2, 0) is 3.79 Å². The second-order valence-corrected chi connectivity index (χ2v) is 7.19. The van der Waals surface area contributed by atoms with Gasteiger partial charge in [-0.05, 0) is 11.6 Å². The third-order valence-corrected chi connectivity index (χ3v) is 4.50. The minimum atomic E-state index is -1.67. The molecule has 0 aliphatic carbocycles. The molecular formula is C13H6Cl6. The summed E-state index contributed by atoms with van der Waals surface area (Å²) in [5, 5.41) is 0.647. The van der Waals surface area contributed by atoms with Crippen LogP contribution in [-0.4, -0.2) is 0 Å². The number of hydrogen-bond acceptors (Lipinski definition) is 0. The van der Waals surface area contributed by atoms with Crippen LogP contribution in [0.5, 0.6) is 0 Å². The van der Waals surface area contributed by atoms with E-state index >= 15 is 0 Å². The highest BCUT2D eigenvalue weighted by Crippen LogP contribution is 2.48. The van der Waals surface area contributed by atoms with Gasteiger partial charge in [0.05, 0.1) is 15.1 Å². The summed E-state index contributed by atoms with van der Waals surface area (Å²) in [5.41, 5.74) is 1.83.